The summed E-state index contributed by atoms with van der Waals surface area (Å²) in [5.74, 6) is -1.34. The second kappa shape index (κ2) is 6.00. The van der Waals surface area contributed by atoms with Crippen molar-refractivity contribution in [3.05, 3.63) is 65.9 Å². The van der Waals surface area contributed by atoms with E-state index >= 15 is 0 Å². The molecule has 116 valence electrons. The van der Waals surface area contributed by atoms with Gasteiger partial charge in [0.2, 0.25) is 0 Å². The van der Waals surface area contributed by atoms with Crippen LogP contribution in [0.25, 0.3) is 10.9 Å². The largest absolute Gasteiger partial charge is 0.323 e. The molecule has 0 aliphatic rings. The van der Waals surface area contributed by atoms with Crippen molar-refractivity contribution in [1.29, 1.82) is 0 Å². The number of carbonyl (C=O) groups excluding carboxylic acids is 1. The fourth-order valence-electron chi connectivity index (χ4n) is 2.28. The highest BCUT2D eigenvalue weighted by atomic mass is 19.1. The molecule has 0 fully saturated rings. The lowest BCUT2D eigenvalue weighted by atomic mass is 10.1. The molecule has 2 aromatic carbocycles. The molecule has 1 heterocycles. The molecule has 0 saturated heterocycles. The SMILES string of the molecule is Cc1cc(NC(=O)Nc2cc(F)ccc2F)c2ccccc2n1. The van der Waals surface area contributed by atoms with Crippen LogP contribution in [0.3, 0.4) is 0 Å². The summed E-state index contributed by atoms with van der Waals surface area (Å²) >= 11 is 0. The summed E-state index contributed by atoms with van der Waals surface area (Å²) in [7, 11) is 0. The summed E-state index contributed by atoms with van der Waals surface area (Å²) in [6, 6.07) is 11.2. The van der Waals surface area contributed by atoms with Gasteiger partial charge in [0.1, 0.15) is 11.6 Å². The number of nitrogens with zero attached hydrogens (tertiary/aromatic N) is 1. The first-order valence-corrected chi connectivity index (χ1v) is 6.92. The summed E-state index contributed by atoms with van der Waals surface area (Å²) in [6.45, 7) is 1.81. The third-order valence-electron chi connectivity index (χ3n) is 3.27. The first-order valence-electron chi connectivity index (χ1n) is 6.92. The number of aromatic nitrogens is 1. The van der Waals surface area contributed by atoms with E-state index in [-0.39, 0.29) is 5.69 Å². The molecule has 2 N–H and O–H groups in total. The molecule has 0 spiro atoms. The first-order chi connectivity index (χ1) is 11.0. The first kappa shape index (κ1) is 14.9. The number of fused-ring (bicyclic) bond motifs is 1. The summed E-state index contributed by atoms with van der Waals surface area (Å²) in [6.07, 6.45) is 0. The number of para-hydroxylation sites is 1. The molecule has 0 aliphatic carbocycles. The number of urea groups is 1. The molecule has 6 heteroatoms. The molecule has 0 radical (unpaired) electrons. The number of hydrogen-bond acceptors (Lipinski definition) is 2. The molecule has 0 unspecified atom stereocenters. The van der Waals surface area contributed by atoms with Crippen molar-refractivity contribution in [1.82, 2.24) is 4.98 Å². The van der Waals surface area contributed by atoms with E-state index in [9.17, 15) is 13.6 Å². The van der Waals surface area contributed by atoms with Gasteiger partial charge in [-0.15, -0.1) is 0 Å². The van der Waals surface area contributed by atoms with Gasteiger partial charge in [-0.1, -0.05) is 18.2 Å². The lowest BCUT2D eigenvalue weighted by Gasteiger charge is -2.11. The van der Waals surface area contributed by atoms with Gasteiger partial charge in [-0.05, 0) is 31.2 Å². The minimum atomic E-state index is -0.711. The van der Waals surface area contributed by atoms with Gasteiger partial charge in [0.05, 0.1) is 16.9 Å². The third kappa shape index (κ3) is 3.26. The van der Waals surface area contributed by atoms with Crippen molar-refractivity contribution < 1.29 is 13.6 Å². The minimum Gasteiger partial charge on any atom is -0.307 e. The maximum Gasteiger partial charge on any atom is 0.323 e. The van der Waals surface area contributed by atoms with Crippen LogP contribution in [0.15, 0.2) is 48.5 Å². The fraction of sp³-hybridized carbons (Fsp3) is 0.0588. The van der Waals surface area contributed by atoms with E-state index in [4.69, 9.17) is 0 Å². The zero-order chi connectivity index (χ0) is 16.4. The Morgan fingerprint density at radius 3 is 2.57 bits per heavy atom. The van der Waals surface area contributed by atoms with E-state index in [0.717, 1.165) is 34.8 Å². The van der Waals surface area contributed by atoms with Crippen molar-refractivity contribution in [2.24, 2.45) is 0 Å². The Hall–Kier alpha value is -3.02. The number of pyridine rings is 1. The molecule has 2 amide bonds. The monoisotopic (exact) mass is 313 g/mol. The summed E-state index contributed by atoms with van der Waals surface area (Å²) in [5, 5.41) is 5.70. The normalized spacial score (nSPS) is 10.6. The van der Waals surface area contributed by atoms with Gasteiger partial charge < -0.3 is 10.6 Å². The van der Waals surface area contributed by atoms with Crippen LogP contribution >= 0.6 is 0 Å². The van der Waals surface area contributed by atoms with Gasteiger partial charge in [0, 0.05) is 17.1 Å². The van der Waals surface area contributed by atoms with E-state index in [1.54, 1.807) is 6.07 Å². The quantitative estimate of drug-likeness (QED) is 0.733. The molecule has 3 rings (SSSR count). The Balaban J connectivity index is 1.87. The molecule has 0 atom stereocenters. The molecule has 1 aromatic heterocycles. The van der Waals surface area contributed by atoms with Gasteiger partial charge in [-0.3, -0.25) is 4.98 Å². The zero-order valence-corrected chi connectivity index (χ0v) is 12.2. The van der Waals surface area contributed by atoms with E-state index in [1.807, 2.05) is 31.2 Å². The maximum absolute atomic E-state index is 13.6. The summed E-state index contributed by atoms with van der Waals surface area (Å²) in [4.78, 5) is 16.4. The molecular formula is C17H13F2N3O. The van der Waals surface area contributed by atoms with Crippen molar-refractivity contribution >= 4 is 28.3 Å². The van der Waals surface area contributed by atoms with Crippen molar-refractivity contribution in [3.8, 4) is 0 Å². The van der Waals surface area contributed by atoms with Crippen LogP contribution in [0, 0.1) is 18.6 Å². The van der Waals surface area contributed by atoms with E-state index in [1.165, 1.54) is 0 Å². The number of hydrogen-bond donors (Lipinski definition) is 2. The predicted octanol–water partition coefficient (Wildman–Crippen LogP) is 4.47. The lowest BCUT2D eigenvalue weighted by molar-refractivity contribution is 0.262. The number of carbonyl (C=O) groups is 1. The number of amides is 2. The minimum absolute atomic E-state index is 0.224. The van der Waals surface area contributed by atoms with Crippen LogP contribution in [0.4, 0.5) is 25.0 Å². The molecule has 3 aromatic rings. The molecule has 0 aliphatic heterocycles. The van der Waals surface area contributed by atoms with E-state index in [0.29, 0.717) is 5.69 Å². The van der Waals surface area contributed by atoms with Crippen LogP contribution in [0.2, 0.25) is 0 Å². The van der Waals surface area contributed by atoms with Crippen LogP contribution in [0.1, 0.15) is 5.69 Å². The Labute approximate surface area is 131 Å². The van der Waals surface area contributed by atoms with Crippen molar-refractivity contribution in [3.63, 3.8) is 0 Å². The van der Waals surface area contributed by atoms with Gasteiger partial charge in [-0.25, -0.2) is 13.6 Å². The van der Waals surface area contributed by atoms with Crippen molar-refractivity contribution in [2.75, 3.05) is 10.6 Å². The summed E-state index contributed by atoms with van der Waals surface area (Å²) < 4.78 is 26.7. The predicted molar refractivity (Wildman–Crippen MR) is 85.5 cm³/mol. The number of rotatable bonds is 2. The maximum atomic E-state index is 13.6. The highest BCUT2D eigenvalue weighted by Gasteiger charge is 2.10. The zero-order valence-electron chi connectivity index (χ0n) is 12.2. The number of aryl methyl sites for hydroxylation is 1. The van der Waals surface area contributed by atoms with Gasteiger partial charge in [0.25, 0.3) is 0 Å². The van der Waals surface area contributed by atoms with Crippen LogP contribution in [0.5, 0.6) is 0 Å². The second-order valence-corrected chi connectivity index (χ2v) is 5.03. The average Bonchev–Trinajstić information content (AvgIpc) is 2.50. The Morgan fingerprint density at radius 2 is 1.74 bits per heavy atom. The van der Waals surface area contributed by atoms with Gasteiger partial charge >= 0.3 is 6.03 Å². The standard InChI is InChI=1S/C17H13F2N3O/c1-10-8-15(12-4-2-3-5-14(12)20-10)21-17(23)22-16-9-11(18)6-7-13(16)19/h2-9H,1H3,(H2,20,21,22,23). The molecular weight excluding hydrogens is 300 g/mol. The van der Waals surface area contributed by atoms with Crippen molar-refractivity contribution in [2.45, 2.75) is 6.92 Å². The second-order valence-electron chi connectivity index (χ2n) is 5.03. The molecule has 4 nitrogen and oxygen atoms in total. The van der Waals surface area contributed by atoms with E-state index < -0.39 is 17.7 Å². The van der Waals surface area contributed by atoms with Crippen LogP contribution in [-0.2, 0) is 0 Å². The van der Waals surface area contributed by atoms with E-state index in [2.05, 4.69) is 15.6 Å². The third-order valence-corrected chi connectivity index (χ3v) is 3.27. The smallest absolute Gasteiger partial charge is 0.307 e. The highest BCUT2D eigenvalue weighted by Crippen LogP contribution is 2.23. The van der Waals surface area contributed by atoms with Crippen LogP contribution in [-0.4, -0.2) is 11.0 Å². The number of halogens is 2. The Morgan fingerprint density at radius 1 is 1.00 bits per heavy atom. The molecule has 23 heavy (non-hydrogen) atoms. The average molecular weight is 313 g/mol. The topological polar surface area (TPSA) is 54.0 Å². The number of nitrogens with one attached hydrogen (secondary N) is 2. The number of anilines is 2. The lowest BCUT2D eigenvalue weighted by Crippen LogP contribution is -2.20. The Kier molecular flexibility index (Phi) is 3.89. The van der Waals surface area contributed by atoms with Gasteiger partial charge in [-0.2, -0.15) is 0 Å². The molecule has 0 saturated carbocycles. The fourth-order valence-corrected chi connectivity index (χ4v) is 2.28. The van der Waals surface area contributed by atoms with Crippen LogP contribution < -0.4 is 10.6 Å². The Bertz CT molecular complexity index is 896. The summed E-state index contributed by atoms with van der Waals surface area (Å²) in [5.41, 5.74) is 1.79. The van der Waals surface area contributed by atoms with Gasteiger partial charge in [0.15, 0.2) is 0 Å². The highest BCUT2D eigenvalue weighted by molar-refractivity contribution is 6.05. The number of benzene rings is 2. The molecule has 0 bridgehead atoms.